The molecule has 4 N–H and O–H groups in total. The Kier molecular flexibility index (Phi) is 16.9. The van der Waals surface area contributed by atoms with Gasteiger partial charge in [0.1, 0.15) is 0 Å². The van der Waals surface area contributed by atoms with Gasteiger partial charge >= 0.3 is 109 Å². The van der Waals surface area contributed by atoms with Gasteiger partial charge in [0, 0.05) is 0 Å². The zero-order valence-corrected chi connectivity index (χ0v) is 10.1. The molecular weight excluding hydrogens is 456 g/mol. The van der Waals surface area contributed by atoms with Crippen molar-refractivity contribution >= 4 is 76.2 Å². The molecule has 0 amide bonds. The van der Waals surface area contributed by atoms with Crippen LogP contribution in [-0.4, -0.2) is 90.9 Å². The molecule has 7 heteroatoms. The normalized spacial score (nSPS) is 8.57. The fourth-order valence-corrected chi connectivity index (χ4v) is 0. The van der Waals surface area contributed by atoms with Crippen molar-refractivity contribution in [2.75, 3.05) is 0 Å². The first-order chi connectivity index (χ1) is 2.00. The third kappa shape index (κ3) is 48.4. The van der Waals surface area contributed by atoms with E-state index in [1.807, 2.05) is 0 Å². The predicted molar refractivity (Wildman–Crippen MR) is 26.0 cm³/mol. The fraction of sp³-hybridized carbons (Fsp3) is 0. The molecule has 0 heterocycles. The molecule has 2 radical (unpaired) electrons. The van der Waals surface area contributed by atoms with Crippen molar-refractivity contribution in [2.45, 2.75) is 0 Å². The van der Waals surface area contributed by atoms with Crippen LogP contribution in [0.15, 0.2) is 0 Å². The van der Waals surface area contributed by atoms with Gasteiger partial charge in [0.2, 0.25) is 0 Å². The molecule has 0 aliphatic rings. The van der Waals surface area contributed by atoms with Crippen molar-refractivity contribution in [3.8, 4) is 0 Å². The molecule has 0 aromatic carbocycles. The van der Waals surface area contributed by atoms with E-state index in [2.05, 4.69) is 0 Å². The van der Waals surface area contributed by atoms with Crippen molar-refractivity contribution < 1.29 is 32.9 Å². The summed E-state index contributed by atoms with van der Waals surface area (Å²) < 4.78 is 29.5. The van der Waals surface area contributed by atoms with Crippen LogP contribution in [0.3, 0.4) is 0 Å². The second-order valence-corrected chi connectivity index (χ2v) is 2.47. The van der Waals surface area contributed by atoms with Crippen molar-refractivity contribution in [2.24, 2.45) is 0 Å². The first-order valence-electron chi connectivity index (χ1n) is 0.894. The molecule has 0 aliphatic heterocycles. The summed E-state index contributed by atoms with van der Waals surface area (Å²) in [4.78, 5) is 0. The Morgan fingerprint density at radius 1 is 0.857 bits per heavy atom. The van der Waals surface area contributed by atoms with Gasteiger partial charge in [-0.1, -0.05) is 0 Å². The number of hydrogen-bond acceptors (Lipinski definition) is 4. The molecule has 0 aromatic heterocycles. The Bertz CT molecular complexity index is 27.2. The third-order valence-electron chi connectivity index (χ3n) is 0. The minimum atomic E-state index is -5.00. The molecule has 4 nitrogen and oxygen atoms in total. The Morgan fingerprint density at radius 2 is 0.857 bits per heavy atom. The van der Waals surface area contributed by atoms with E-state index >= 15 is 0 Å². The summed E-state index contributed by atoms with van der Waals surface area (Å²) in [6.07, 6.45) is 0. The van der Waals surface area contributed by atoms with Gasteiger partial charge in [0.25, 0.3) is 0 Å². The second kappa shape index (κ2) is 7.16. The van der Waals surface area contributed by atoms with Gasteiger partial charge in [-0.15, -0.1) is 0 Å². The Balaban J connectivity index is -0.0000000800. The maximum absolute atomic E-state index is 7.38. The average molecular weight is 464 g/mol. The van der Waals surface area contributed by atoms with E-state index in [9.17, 15) is 0 Å². The quantitative estimate of drug-likeness (QED) is 0.275. The summed E-state index contributed by atoms with van der Waals surface area (Å²) in [5.74, 6) is 0. The molecule has 0 atom stereocenters. The molecule has 42 valence electrons. The molecular formula is H8BaO4PbTi. The van der Waals surface area contributed by atoms with Crippen LogP contribution in [0.5, 0.6) is 0 Å². The molecule has 0 rings (SSSR count). The summed E-state index contributed by atoms with van der Waals surface area (Å²) in [5, 5.41) is 0. The molecule has 0 unspecified atom stereocenters. The standard InChI is InChI=1S/Ba.4H2O.Pb.Ti.4H/h;4*1H2;;;;;;/q;;;;;;+4;;;;/p-4. The van der Waals surface area contributed by atoms with E-state index in [1.54, 1.807) is 0 Å². The Morgan fingerprint density at radius 3 is 0.857 bits per heavy atom. The summed E-state index contributed by atoms with van der Waals surface area (Å²) in [6, 6.07) is 0. The van der Waals surface area contributed by atoms with Crippen LogP contribution in [-0.2, 0) is 18.1 Å². The average Bonchev–Trinajstić information content (AvgIpc) is 0.722. The molecule has 0 aromatic rings. The summed E-state index contributed by atoms with van der Waals surface area (Å²) in [7, 11) is 0. The van der Waals surface area contributed by atoms with Crippen molar-refractivity contribution in [1.82, 2.24) is 0 Å². The molecule has 0 bridgehead atoms. The van der Waals surface area contributed by atoms with Crippen LogP contribution in [0.25, 0.3) is 0 Å². The zero-order chi connectivity index (χ0) is 4.50. The fourth-order valence-electron chi connectivity index (χ4n) is 0. The second-order valence-electron chi connectivity index (χ2n) is 0.600. The molecule has 0 saturated heterocycles. The number of hydrogen-bond donors (Lipinski definition) is 4. The van der Waals surface area contributed by atoms with Crippen molar-refractivity contribution in [3.05, 3.63) is 0 Å². The molecule has 0 spiro atoms. The first kappa shape index (κ1) is 16.6. The van der Waals surface area contributed by atoms with E-state index in [-0.39, 0.29) is 76.2 Å². The monoisotopic (exact) mass is 466 g/mol. The van der Waals surface area contributed by atoms with Crippen molar-refractivity contribution in [3.63, 3.8) is 0 Å². The van der Waals surface area contributed by atoms with Gasteiger partial charge in [-0.3, -0.25) is 0 Å². The molecule has 0 aliphatic carbocycles. The first-order valence-corrected chi connectivity index (χ1v) is 3.69. The van der Waals surface area contributed by atoms with Gasteiger partial charge < -0.3 is 0 Å². The van der Waals surface area contributed by atoms with Gasteiger partial charge in [-0.25, -0.2) is 0 Å². The summed E-state index contributed by atoms with van der Waals surface area (Å²) in [6.45, 7) is 0. The van der Waals surface area contributed by atoms with Crippen LogP contribution in [0.4, 0.5) is 0 Å². The van der Waals surface area contributed by atoms with E-state index < -0.39 is 18.1 Å². The van der Waals surface area contributed by atoms with Crippen LogP contribution < -0.4 is 0 Å². The molecule has 0 fully saturated rings. The molecule has 0 saturated carbocycles. The minimum absolute atomic E-state index is 0. The van der Waals surface area contributed by atoms with Gasteiger partial charge in [0.05, 0.1) is 0 Å². The molecule has 7 heavy (non-hydrogen) atoms. The van der Waals surface area contributed by atoms with Gasteiger partial charge in [-0.2, -0.15) is 0 Å². The summed E-state index contributed by atoms with van der Waals surface area (Å²) >= 11 is -5.00. The third-order valence-corrected chi connectivity index (χ3v) is 0. The predicted octanol–water partition coefficient (Wildman–Crippen LogP) is -4.06. The van der Waals surface area contributed by atoms with Crippen LogP contribution in [0.2, 0.25) is 0 Å². The van der Waals surface area contributed by atoms with Crippen LogP contribution in [0.1, 0.15) is 0 Å². The Hall–Kier alpha value is 3.05. The Labute approximate surface area is 106 Å². The van der Waals surface area contributed by atoms with E-state index in [1.165, 1.54) is 0 Å². The number of rotatable bonds is 0. The van der Waals surface area contributed by atoms with Gasteiger partial charge in [0.15, 0.2) is 0 Å². The maximum atomic E-state index is 7.38. The van der Waals surface area contributed by atoms with Crippen LogP contribution >= 0.6 is 0 Å². The summed E-state index contributed by atoms with van der Waals surface area (Å²) in [5.41, 5.74) is 0. The van der Waals surface area contributed by atoms with E-state index in [0.717, 1.165) is 0 Å². The topological polar surface area (TPSA) is 80.9 Å². The van der Waals surface area contributed by atoms with Crippen molar-refractivity contribution in [1.29, 1.82) is 0 Å². The van der Waals surface area contributed by atoms with E-state index in [0.29, 0.717) is 0 Å². The zero-order valence-electron chi connectivity index (χ0n) is 3.00. The SMILES string of the molecule is [BaH2].[OH][Ti]([OH])([OH])[OH].[PbH2]. The van der Waals surface area contributed by atoms with E-state index in [4.69, 9.17) is 14.8 Å². The van der Waals surface area contributed by atoms with Gasteiger partial charge in [-0.05, 0) is 0 Å². The van der Waals surface area contributed by atoms with Crippen LogP contribution in [0, 0.1) is 0 Å².